The van der Waals surface area contributed by atoms with Crippen molar-refractivity contribution >= 4 is 32.9 Å². The van der Waals surface area contributed by atoms with Gasteiger partial charge in [-0.05, 0) is 30.2 Å². The molecule has 2 N–H and O–H groups in total. The molecule has 0 unspecified atom stereocenters. The number of nitrogens with zero attached hydrogens (tertiary/aromatic N) is 2. The number of fused-ring (bicyclic) bond motifs is 1. The van der Waals surface area contributed by atoms with E-state index in [0.717, 1.165) is 22.1 Å². The van der Waals surface area contributed by atoms with E-state index in [1.54, 1.807) is 0 Å². The summed E-state index contributed by atoms with van der Waals surface area (Å²) in [4.78, 5) is 4.42. The van der Waals surface area contributed by atoms with E-state index >= 15 is 0 Å². The minimum absolute atomic E-state index is 0.552. The molecule has 0 fully saturated rings. The van der Waals surface area contributed by atoms with Crippen LogP contribution in [0.4, 0.5) is 5.95 Å². The van der Waals surface area contributed by atoms with Gasteiger partial charge in [0, 0.05) is 4.47 Å². The molecular weight excluding hydrogens is 302 g/mol. The van der Waals surface area contributed by atoms with Crippen molar-refractivity contribution in [3.05, 3.63) is 58.1 Å². The zero-order chi connectivity index (χ0) is 13.4. The van der Waals surface area contributed by atoms with Crippen LogP contribution < -0.4 is 5.73 Å². The second-order valence-corrected chi connectivity index (χ2v) is 5.49. The second-order valence-electron chi connectivity index (χ2n) is 4.63. The van der Waals surface area contributed by atoms with Crippen molar-refractivity contribution in [1.29, 1.82) is 0 Å². The van der Waals surface area contributed by atoms with Crippen LogP contribution in [0.15, 0.2) is 46.9 Å². The lowest BCUT2D eigenvalue weighted by atomic mass is 10.2. The molecule has 0 amide bonds. The Balaban J connectivity index is 2.13. The van der Waals surface area contributed by atoms with Crippen LogP contribution in [0.25, 0.3) is 11.0 Å². The molecule has 0 aliphatic rings. The first-order valence-corrected chi connectivity index (χ1v) is 6.90. The molecule has 3 nitrogen and oxygen atoms in total. The maximum atomic E-state index is 6.04. The number of nitrogen functional groups attached to an aromatic ring is 1. The van der Waals surface area contributed by atoms with Crippen LogP contribution in [0.1, 0.15) is 11.1 Å². The lowest BCUT2D eigenvalue weighted by Gasteiger charge is -2.07. The first-order valence-electron chi connectivity index (χ1n) is 6.11. The number of hydrogen-bond donors (Lipinski definition) is 1. The Labute approximate surface area is 120 Å². The third-order valence-electron chi connectivity index (χ3n) is 3.24. The van der Waals surface area contributed by atoms with Gasteiger partial charge in [0.1, 0.15) is 0 Å². The lowest BCUT2D eigenvalue weighted by Crippen LogP contribution is -2.04. The number of nitrogens with two attached hydrogens (primary N) is 1. The monoisotopic (exact) mass is 315 g/mol. The standard InChI is InChI=1S/C15H14BrN3/c1-10-7-14-13(8-12(10)16)18-15(17)19(14)9-11-5-3-2-4-6-11/h2-8H,9H2,1H3,(H2,17,18). The Kier molecular flexibility index (Phi) is 3.03. The number of hydrogen-bond acceptors (Lipinski definition) is 2. The fraction of sp³-hybridized carbons (Fsp3) is 0.133. The zero-order valence-electron chi connectivity index (χ0n) is 10.6. The van der Waals surface area contributed by atoms with Crippen molar-refractivity contribution in [3.8, 4) is 0 Å². The minimum Gasteiger partial charge on any atom is -0.369 e. The molecule has 0 aliphatic heterocycles. The first-order chi connectivity index (χ1) is 9.15. The van der Waals surface area contributed by atoms with Gasteiger partial charge in [0.2, 0.25) is 5.95 Å². The average Bonchev–Trinajstić information content (AvgIpc) is 2.68. The topological polar surface area (TPSA) is 43.8 Å². The smallest absolute Gasteiger partial charge is 0.201 e. The van der Waals surface area contributed by atoms with Crippen LogP contribution >= 0.6 is 15.9 Å². The van der Waals surface area contributed by atoms with Gasteiger partial charge in [-0.3, -0.25) is 0 Å². The highest BCUT2D eigenvalue weighted by atomic mass is 79.9. The van der Waals surface area contributed by atoms with Gasteiger partial charge in [-0.1, -0.05) is 46.3 Å². The molecule has 0 saturated heterocycles. The van der Waals surface area contributed by atoms with Gasteiger partial charge in [-0.15, -0.1) is 0 Å². The highest BCUT2D eigenvalue weighted by Crippen LogP contribution is 2.26. The van der Waals surface area contributed by atoms with Crippen LogP contribution in [0.3, 0.4) is 0 Å². The Hall–Kier alpha value is -1.81. The summed E-state index contributed by atoms with van der Waals surface area (Å²) in [6, 6.07) is 14.4. The minimum atomic E-state index is 0.552. The zero-order valence-corrected chi connectivity index (χ0v) is 12.2. The van der Waals surface area contributed by atoms with E-state index in [2.05, 4.69) is 46.0 Å². The molecular formula is C15H14BrN3. The van der Waals surface area contributed by atoms with E-state index in [1.807, 2.05) is 28.8 Å². The normalized spacial score (nSPS) is 11.1. The summed E-state index contributed by atoms with van der Waals surface area (Å²) in [5.41, 5.74) is 10.4. The van der Waals surface area contributed by atoms with Gasteiger partial charge >= 0.3 is 0 Å². The average molecular weight is 316 g/mol. The highest BCUT2D eigenvalue weighted by Gasteiger charge is 2.10. The third kappa shape index (κ3) is 2.24. The predicted octanol–water partition coefficient (Wildman–Crippen LogP) is 3.74. The number of imidazole rings is 1. The number of halogens is 1. The molecule has 0 radical (unpaired) electrons. The van der Waals surface area contributed by atoms with E-state index < -0.39 is 0 Å². The van der Waals surface area contributed by atoms with Gasteiger partial charge in [-0.25, -0.2) is 4.98 Å². The van der Waals surface area contributed by atoms with Crippen molar-refractivity contribution in [2.45, 2.75) is 13.5 Å². The van der Waals surface area contributed by atoms with E-state index in [9.17, 15) is 0 Å². The lowest BCUT2D eigenvalue weighted by molar-refractivity contribution is 0.838. The fourth-order valence-corrected chi connectivity index (χ4v) is 2.53. The summed E-state index contributed by atoms with van der Waals surface area (Å²) < 4.78 is 3.11. The quantitative estimate of drug-likeness (QED) is 0.783. The summed E-state index contributed by atoms with van der Waals surface area (Å²) in [5.74, 6) is 0.552. The molecule has 0 spiro atoms. The number of aromatic nitrogens is 2. The molecule has 0 aliphatic carbocycles. The highest BCUT2D eigenvalue weighted by molar-refractivity contribution is 9.10. The summed E-state index contributed by atoms with van der Waals surface area (Å²) in [6.07, 6.45) is 0. The summed E-state index contributed by atoms with van der Waals surface area (Å²) in [6.45, 7) is 2.81. The molecule has 2 aromatic carbocycles. The molecule has 3 aromatic rings. The van der Waals surface area contributed by atoms with Gasteiger partial charge in [0.25, 0.3) is 0 Å². The Morgan fingerprint density at radius 2 is 1.95 bits per heavy atom. The van der Waals surface area contributed by atoms with Crippen LogP contribution in [0, 0.1) is 6.92 Å². The maximum Gasteiger partial charge on any atom is 0.201 e. The van der Waals surface area contributed by atoms with Crippen molar-refractivity contribution in [1.82, 2.24) is 9.55 Å². The Bertz CT molecular complexity index is 732. The predicted molar refractivity (Wildman–Crippen MR) is 82.1 cm³/mol. The largest absolute Gasteiger partial charge is 0.369 e. The maximum absolute atomic E-state index is 6.04. The summed E-state index contributed by atoms with van der Waals surface area (Å²) in [7, 11) is 0. The number of benzene rings is 2. The third-order valence-corrected chi connectivity index (χ3v) is 4.10. The van der Waals surface area contributed by atoms with Crippen LogP contribution in [0.2, 0.25) is 0 Å². The number of anilines is 1. The summed E-state index contributed by atoms with van der Waals surface area (Å²) >= 11 is 3.53. The second kappa shape index (κ2) is 4.70. The van der Waals surface area contributed by atoms with E-state index in [4.69, 9.17) is 5.73 Å². The molecule has 19 heavy (non-hydrogen) atoms. The van der Waals surface area contributed by atoms with Crippen molar-refractivity contribution in [3.63, 3.8) is 0 Å². The van der Waals surface area contributed by atoms with E-state index in [1.165, 1.54) is 11.1 Å². The first kappa shape index (κ1) is 12.2. The van der Waals surface area contributed by atoms with Crippen LogP contribution in [-0.2, 0) is 6.54 Å². The molecule has 4 heteroatoms. The van der Waals surface area contributed by atoms with Crippen LogP contribution in [0.5, 0.6) is 0 Å². The van der Waals surface area contributed by atoms with Gasteiger partial charge in [0.05, 0.1) is 17.6 Å². The molecule has 1 heterocycles. The number of rotatable bonds is 2. The molecule has 3 rings (SSSR count). The fourth-order valence-electron chi connectivity index (χ4n) is 2.20. The molecule has 0 bridgehead atoms. The van der Waals surface area contributed by atoms with E-state index in [0.29, 0.717) is 5.95 Å². The molecule has 0 atom stereocenters. The van der Waals surface area contributed by atoms with Gasteiger partial charge in [-0.2, -0.15) is 0 Å². The molecule has 0 saturated carbocycles. The Morgan fingerprint density at radius 3 is 2.68 bits per heavy atom. The number of aryl methyl sites for hydroxylation is 1. The van der Waals surface area contributed by atoms with E-state index in [-0.39, 0.29) is 0 Å². The van der Waals surface area contributed by atoms with Crippen LogP contribution in [-0.4, -0.2) is 9.55 Å². The van der Waals surface area contributed by atoms with Crippen molar-refractivity contribution in [2.24, 2.45) is 0 Å². The van der Waals surface area contributed by atoms with Gasteiger partial charge < -0.3 is 10.3 Å². The van der Waals surface area contributed by atoms with Crippen molar-refractivity contribution in [2.75, 3.05) is 5.73 Å². The molecule has 1 aromatic heterocycles. The molecule has 96 valence electrons. The summed E-state index contributed by atoms with van der Waals surface area (Å²) in [5, 5.41) is 0. The van der Waals surface area contributed by atoms with Crippen molar-refractivity contribution < 1.29 is 0 Å². The van der Waals surface area contributed by atoms with Gasteiger partial charge in [0.15, 0.2) is 0 Å². The Morgan fingerprint density at radius 1 is 1.21 bits per heavy atom. The SMILES string of the molecule is Cc1cc2c(cc1Br)nc(N)n2Cc1ccccc1.